The lowest BCUT2D eigenvalue weighted by atomic mass is 10.1. The molecule has 1 fully saturated rings. The van der Waals surface area contributed by atoms with Crippen LogP contribution < -0.4 is 0 Å². The Morgan fingerprint density at radius 3 is 1.91 bits per heavy atom. The molecule has 1 heterocycles. The third-order valence-corrected chi connectivity index (χ3v) is 3.46. The van der Waals surface area contributed by atoms with Crippen molar-refractivity contribution >= 4 is 11.8 Å². The summed E-state index contributed by atoms with van der Waals surface area (Å²) in [6, 6.07) is 0. The second-order valence-corrected chi connectivity index (χ2v) is 4.38. The van der Waals surface area contributed by atoms with E-state index in [4.69, 9.17) is 12.8 Å². The van der Waals surface area contributed by atoms with E-state index in [1.807, 2.05) is 11.8 Å². The zero-order valence-electron chi connectivity index (χ0n) is 6.55. The molecule has 1 aliphatic rings. The van der Waals surface area contributed by atoms with Crippen molar-refractivity contribution in [2.24, 2.45) is 0 Å². The third-order valence-electron chi connectivity index (χ3n) is 1.89. The lowest BCUT2D eigenvalue weighted by Gasteiger charge is -2.04. The van der Waals surface area contributed by atoms with Crippen LogP contribution in [0, 0.1) is 24.7 Å². The van der Waals surface area contributed by atoms with Crippen molar-refractivity contribution < 1.29 is 0 Å². The van der Waals surface area contributed by atoms with Gasteiger partial charge in [-0.05, 0) is 12.8 Å². The molecule has 0 aromatic carbocycles. The van der Waals surface area contributed by atoms with Gasteiger partial charge in [-0.1, -0.05) is 0 Å². The van der Waals surface area contributed by atoms with Crippen LogP contribution in [0.3, 0.4) is 0 Å². The van der Waals surface area contributed by atoms with Crippen LogP contribution in [0.15, 0.2) is 0 Å². The summed E-state index contributed by atoms with van der Waals surface area (Å²) < 4.78 is 0. The number of rotatable bonds is 2. The Kier molecular flexibility index (Phi) is 3.40. The molecule has 0 bridgehead atoms. The normalized spacial score (nSPS) is 29.3. The molecule has 1 heteroatoms. The number of thioether (sulfide) groups is 1. The summed E-state index contributed by atoms with van der Waals surface area (Å²) in [4.78, 5) is 0. The van der Waals surface area contributed by atoms with E-state index in [0.29, 0.717) is 10.5 Å². The highest BCUT2D eigenvalue weighted by atomic mass is 32.2. The molecule has 1 aliphatic heterocycles. The van der Waals surface area contributed by atoms with Gasteiger partial charge >= 0.3 is 0 Å². The number of hydrogen-bond donors (Lipinski definition) is 0. The smallest absolute Gasteiger partial charge is 0.0206 e. The van der Waals surface area contributed by atoms with Gasteiger partial charge in [0.25, 0.3) is 0 Å². The molecular weight excluding hydrogens is 152 g/mol. The lowest BCUT2D eigenvalue weighted by Crippen LogP contribution is -1.95. The highest BCUT2D eigenvalue weighted by Gasteiger charge is 2.23. The van der Waals surface area contributed by atoms with E-state index in [1.165, 1.54) is 12.8 Å². The first-order chi connectivity index (χ1) is 5.36. The highest BCUT2D eigenvalue weighted by molar-refractivity contribution is 8.00. The molecule has 2 atom stereocenters. The summed E-state index contributed by atoms with van der Waals surface area (Å²) in [6.07, 6.45) is 14.8. The van der Waals surface area contributed by atoms with Gasteiger partial charge in [-0.3, -0.25) is 0 Å². The summed E-state index contributed by atoms with van der Waals surface area (Å²) in [5, 5.41) is 1.36. The molecule has 0 spiro atoms. The second-order valence-electron chi connectivity index (χ2n) is 2.77. The molecule has 0 aromatic rings. The zero-order valence-corrected chi connectivity index (χ0v) is 7.36. The summed E-state index contributed by atoms with van der Waals surface area (Å²) in [6.45, 7) is 0. The fraction of sp³-hybridized carbons (Fsp3) is 0.600. The first kappa shape index (κ1) is 8.57. The molecule has 0 amide bonds. The molecule has 0 radical (unpaired) electrons. The molecule has 0 aromatic heterocycles. The van der Waals surface area contributed by atoms with E-state index in [1.54, 1.807) is 0 Å². The van der Waals surface area contributed by atoms with Crippen LogP contribution in [0.2, 0.25) is 0 Å². The van der Waals surface area contributed by atoms with Crippen molar-refractivity contribution in [2.75, 3.05) is 0 Å². The molecule has 58 valence electrons. The highest BCUT2D eigenvalue weighted by Crippen LogP contribution is 2.36. The largest absolute Gasteiger partial charge is 0.153 e. The molecule has 0 nitrogen and oxygen atoms in total. The summed E-state index contributed by atoms with van der Waals surface area (Å²) in [7, 11) is 0. The van der Waals surface area contributed by atoms with Crippen molar-refractivity contribution in [3.8, 4) is 24.7 Å². The number of hydrogen-bond acceptors (Lipinski definition) is 1. The van der Waals surface area contributed by atoms with Crippen molar-refractivity contribution in [1.82, 2.24) is 0 Å². The summed E-state index contributed by atoms with van der Waals surface area (Å²) in [5.41, 5.74) is 0. The fourth-order valence-electron chi connectivity index (χ4n) is 1.34. The SMILES string of the molecule is C#CCC1CCC(CC#C)S1. The fourth-order valence-corrected chi connectivity index (χ4v) is 2.82. The van der Waals surface area contributed by atoms with Gasteiger partial charge < -0.3 is 0 Å². The van der Waals surface area contributed by atoms with Crippen LogP contribution in [0.1, 0.15) is 25.7 Å². The van der Waals surface area contributed by atoms with E-state index >= 15 is 0 Å². The average Bonchev–Trinajstić information content (AvgIpc) is 2.38. The van der Waals surface area contributed by atoms with Gasteiger partial charge in [0.1, 0.15) is 0 Å². The van der Waals surface area contributed by atoms with E-state index in [-0.39, 0.29) is 0 Å². The monoisotopic (exact) mass is 164 g/mol. The van der Waals surface area contributed by atoms with Gasteiger partial charge in [0.15, 0.2) is 0 Å². The van der Waals surface area contributed by atoms with Gasteiger partial charge in [-0.2, -0.15) is 11.8 Å². The second kappa shape index (κ2) is 4.37. The molecule has 1 rings (SSSR count). The Hall–Kier alpha value is -0.530. The number of terminal acetylenes is 2. The predicted molar refractivity (Wildman–Crippen MR) is 51.3 cm³/mol. The van der Waals surface area contributed by atoms with E-state index in [9.17, 15) is 0 Å². The van der Waals surface area contributed by atoms with Gasteiger partial charge in [-0.25, -0.2) is 0 Å². The standard InChI is InChI=1S/C10H12S/c1-3-5-9-7-8-10(11-9)6-4-2/h1-2,9-10H,5-8H2. The van der Waals surface area contributed by atoms with Crippen molar-refractivity contribution in [2.45, 2.75) is 36.2 Å². The van der Waals surface area contributed by atoms with E-state index < -0.39 is 0 Å². The molecular formula is C10H12S. The van der Waals surface area contributed by atoms with Crippen LogP contribution in [0.5, 0.6) is 0 Å². The Balaban J connectivity index is 2.25. The minimum atomic E-state index is 0.679. The average molecular weight is 164 g/mol. The topological polar surface area (TPSA) is 0 Å². The van der Waals surface area contributed by atoms with Crippen LogP contribution >= 0.6 is 11.8 Å². The van der Waals surface area contributed by atoms with Gasteiger partial charge in [0.05, 0.1) is 0 Å². The van der Waals surface area contributed by atoms with Crippen LogP contribution in [-0.4, -0.2) is 10.5 Å². The Morgan fingerprint density at radius 1 is 1.09 bits per heavy atom. The first-order valence-corrected chi connectivity index (χ1v) is 4.83. The maximum atomic E-state index is 5.22. The molecule has 2 unspecified atom stereocenters. The van der Waals surface area contributed by atoms with Crippen LogP contribution in [0.25, 0.3) is 0 Å². The predicted octanol–water partition coefficient (Wildman–Crippen LogP) is 2.30. The van der Waals surface area contributed by atoms with Gasteiger partial charge in [-0.15, -0.1) is 24.7 Å². The minimum Gasteiger partial charge on any atom is -0.153 e. The van der Waals surface area contributed by atoms with Crippen LogP contribution in [0.4, 0.5) is 0 Å². The van der Waals surface area contributed by atoms with Crippen molar-refractivity contribution in [1.29, 1.82) is 0 Å². The summed E-state index contributed by atoms with van der Waals surface area (Å²) >= 11 is 1.97. The van der Waals surface area contributed by atoms with Crippen molar-refractivity contribution in [3.05, 3.63) is 0 Å². The third kappa shape index (κ3) is 2.52. The maximum absolute atomic E-state index is 5.22. The van der Waals surface area contributed by atoms with Gasteiger partial charge in [0, 0.05) is 23.3 Å². The maximum Gasteiger partial charge on any atom is 0.0206 e. The van der Waals surface area contributed by atoms with Crippen molar-refractivity contribution in [3.63, 3.8) is 0 Å². The first-order valence-electron chi connectivity index (χ1n) is 3.89. The van der Waals surface area contributed by atoms with E-state index in [2.05, 4.69) is 11.8 Å². The van der Waals surface area contributed by atoms with Gasteiger partial charge in [0.2, 0.25) is 0 Å². The minimum absolute atomic E-state index is 0.679. The van der Waals surface area contributed by atoms with Crippen LogP contribution in [-0.2, 0) is 0 Å². The van der Waals surface area contributed by atoms with E-state index in [0.717, 1.165) is 12.8 Å². The Bertz CT molecular complexity index is 172. The molecule has 0 aliphatic carbocycles. The molecule has 1 saturated heterocycles. The quantitative estimate of drug-likeness (QED) is 0.564. The Labute approximate surface area is 73.1 Å². The molecule has 0 N–H and O–H groups in total. The Morgan fingerprint density at radius 2 is 1.55 bits per heavy atom. The zero-order chi connectivity index (χ0) is 8.10. The summed E-state index contributed by atoms with van der Waals surface area (Å²) in [5.74, 6) is 5.40. The lowest BCUT2D eigenvalue weighted by molar-refractivity contribution is 0.736. The molecule has 11 heavy (non-hydrogen) atoms. The molecule has 0 saturated carbocycles.